The summed E-state index contributed by atoms with van der Waals surface area (Å²) in [7, 11) is -2.02. The Kier molecular flexibility index (Phi) is 7.00. The Morgan fingerprint density at radius 1 is 1.13 bits per heavy atom. The molecule has 1 aliphatic heterocycles. The highest BCUT2D eigenvalue weighted by molar-refractivity contribution is 7.90. The molecule has 0 bridgehead atoms. The minimum atomic E-state index is -3.85. The lowest BCUT2D eigenvalue weighted by Crippen LogP contribution is -2.30. The summed E-state index contributed by atoms with van der Waals surface area (Å²) in [5, 5.41) is 2.73. The van der Waals surface area contributed by atoms with Gasteiger partial charge >= 0.3 is 0 Å². The van der Waals surface area contributed by atoms with Gasteiger partial charge in [0.15, 0.2) is 6.10 Å². The van der Waals surface area contributed by atoms with Gasteiger partial charge in [0.05, 0.1) is 4.90 Å². The minimum Gasteiger partial charge on any atom is -0.481 e. The highest BCUT2D eigenvalue weighted by Gasteiger charge is 2.21. The van der Waals surface area contributed by atoms with Crippen LogP contribution in [-0.2, 0) is 14.8 Å². The predicted octanol–water partition coefficient (Wildman–Crippen LogP) is 4.03. The second kappa shape index (κ2) is 9.51. The van der Waals surface area contributed by atoms with Gasteiger partial charge in [-0.1, -0.05) is 32.0 Å². The molecule has 1 atom stereocenters. The number of hydrogen-bond acceptors (Lipinski definition) is 4. The van der Waals surface area contributed by atoms with Crippen LogP contribution in [0.2, 0.25) is 0 Å². The molecule has 1 saturated heterocycles. The number of sulfonamides is 1. The second-order valence-electron chi connectivity index (χ2n) is 8.01. The molecular weight excluding hydrogens is 414 g/mol. The summed E-state index contributed by atoms with van der Waals surface area (Å²) in [6.45, 7) is 6.62. The van der Waals surface area contributed by atoms with Crippen molar-refractivity contribution in [1.29, 1.82) is 0 Å². The summed E-state index contributed by atoms with van der Waals surface area (Å²) >= 11 is 0. The smallest absolute Gasteiger partial charge is 0.284 e. The maximum atomic E-state index is 12.7. The number of carbonyl (C=O) groups is 1. The fraction of sp³-hybridized carbons (Fsp3) is 0.391. The van der Waals surface area contributed by atoms with Crippen LogP contribution in [0.1, 0.15) is 45.1 Å². The molecule has 1 aliphatic rings. The molecular formula is C23H29N3O4S. The Balaban J connectivity index is 1.70. The number of amidine groups is 1. The van der Waals surface area contributed by atoms with Gasteiger partial charge in [0.1, 0.15) is 11.6 Å². The number of carbonyl (C=O) groups excluding carboxylic acids is 1. The lowest BCUT2D eigenvalue weighted by atomic mass is 10.0. The van der Waals surface area contributed by atoms with Gasteiger partial charge in [-0.15, -0.1) is 4.40 Å². The summed E-state index contributed by atoms with van der Waals surface area (Å²) < 4.78 is 35.1. The van der Waals surface area contributed by atoms with E-state index in [1.807, 2.05) is 36.2 Å². The van der Waals surface area contributed by atoms with Crippen molar-refractivity contribution in [2.45, 2.75) is 50.5 Å². The van der Waals surface area contributed by atoms with Crippen molar-refractivity contribution < 1.29 is 17.9 Å². The van der Waals surface area contributed by atoms with Crippen LogP contribution in [0.5, 0.6) is 5.75 Å². The molecule has 1 N–H and O–H groups in total. The van der Waals surface area contributed by atoms with Gasteiger partial charge in [0.25, 0.3) is 15.9 Å². The van der Waals surface area contributed by atoms with E-state index in [0.717, 1.165) is 18.5 Å². The van der Waals surface area contributed by atoms with Gasteiger partial charge in [-0.05, 0) is 55.2 Å². The number of rotatable bonds is 7. The molecule has 3 rings (SSSR count). The van der Waals surface area contributed by atoms with Crippen molar-refractivity contribution >= 4 is 27.5 Å². The van der Waals surface area contributed by atoms with E-state index < -0.39 is 16.1 Å². The van der Waals surface area contributed by atoms with Crippen LogP contribution >= 0.6 is 0 Å². The van der Waals surface area contributed by atoms with E-state index in [0.29, 0.717) is 29.6 Å². The summed E-state index contributed by atoms with van der Waals surface area (Å²) in [5.74, 6) is 1.15. The van der Waals surface area contributed by atoms with Gasteiger partial charge < -0.3 is 15.0 Å². The van der Waals surface area contributed by atoms with E-state index in [9.17, 15) is 13.2 Å². The van der Waals surface area contributed by atoms with E-state index in [4.69, 9.17) is 4.74 Å². The van der Waals surface area contributed by atoms with Crippen LogP contribution in [0.4, 0.5) is 5.69 Å². The van der Waals surface area contributed by atoms with Gasteiger partial charge in [-0.3, -0.25) is 4.79 Å². The third-order valence-electron chi connectivity index (χ3n) is 5.17. The third-order valence-corrected chi connectivity index (χ3v) is 6.47. The Morgan fingerprint density at radius 3 is 2.55 bits per heavy atom. The summed E-state index contributed by atoms with van der Waals surface area (Å²) in [6.07, 6.45) is 0.771. The van der Waals surface area contributed by atoms with Crippen molar-refractivity contribution in [2.75, 3.05) is 18.9 Å². The van der Waals surface area contributed by atoms with Crippen LogP contribution in [-0.4, -0.2) is 44.8 Å². The fourth-order valence-corrected chi connectivity index (χ4v) is 4.42. The van der Waals surface area contributed by atoms with E-state index >= 15 is 0 Å². The number of ether oxygens (including phenoxy) is 1. The Labute approximate surface area is 184 Å². The minimum absolute atomic E-state index is 0.0382. The molecule has 0 radical (unpaired) electrons. The quantitative estimate of drug-likeness (QED) is 0.698. The van der Waals surface area contributed by atoms with Crippen molar-refractivity contribution in [3.05, 3.63) is 54.1 Å². The van der Waals surface area contributed by atoms with E-state index in [1.165, 1.54) is 12.1 Å². The monoisotopic (exact) mass is 443 g/mol. The number of anilines is 1. The first kappa shape index (κ1) is 22.8. The van der Waals surface area contributed by atoms with Crippen LogP contribution in [0, 0.1) is 0 Å². The number of nitrogens with one attached hydrogen (secondary N) is 1. The number of nitrogens with zero attached hydrogens (tertiary/aromatic N) is 2. The third kappa shape index (κ3) is 5.85. The Hall–Kier alpha value is -2.87. The molecule has 1 unspecified atom stereocenters. The molecule has 0 spiro atoms. The lowest BCUT2D eigenvalue weighted by Gasteiger charge is -2.16. The largest absolute Gasteiger partial charge is 0.481 e. The molecule has 0 aliphatic carbocycles. The van der Waals surface area contributed by atoms with Gasteiger partial charge in [0.2, 0.25) is 0 Å². The van der Waals surface area contributed by atoms with E-state index in [2.05, 4.69) is 23.6 Å². The topological polar surface area (TPSA) is 88.1 Å². The van der Waals surface area contributed by atoms with Crippen molar-refractivity contribution in [3.8, 4) is 5.75 Å². The number of likely N-dealkylation sites (tertiary alicyclic amines) is 1. The zero-order valence-corrected chi connectivity index (χ0v) is 19.1. The highest BCUT2D eigenvalue weighted by Crippen LogP contribution is 2.22. The van der Waals surface area contributed by atoms with Crippen molar-refractivity contribution in [2.24, 2.45) is 4.40 Å². The Morgan fingerprint density at radius 2 is 1.87 bits per heavy atom. The van der Waals surface area contributed by atoms with Gasteiger partial charge in [-0.2, -0.15) is 8.42 Å². The van der Waals surface area contributed by atoms with Gasteiger partial charge in [0, 0.05) is 25.7 Å². The number of benzene rings is 2. The highest BCUT2D eigenvalue weighted by atomic mass is 32.2. The van der Waals surface area contributed by atoms with Crippen molar-refractivity contribution in [1.82, 2.24) is 4.90 Å². The lowest BCUT2D eigenvalue weighted by molar-refractivity contribution is -0.122. The average Bonchev–Trinajstić information content (AvgIpc) is 3.12. The molecule has 1 heterocycles. The molecule has 166 valence electrons. The molecule has 8 heteroatoms. The maximum Gasteiger partial charge on any atom is 0.284 e. The molecule has 7 nitrogen and oxygen atoms in total. The first-order valence-corrected chi connectivity index (χ1v) is 11.8. The van der Waals surface area contributed by atoms with Crippen LogP contribution in [0.15, 0.2) is 57.8 Å². The zero-order chi connectivity index (χ0) is 22.6. The van der Waals surface area contributed by atoms with Crippen LogP contribution in [0.3, 0.4) is 0 Å². The van der Waals surface area contributed by atoms with Crippen LogP contribution < -0.4 is 10.1 Å². The number of amides is 1. The summed E-state index contributed by atoms with van der Waals surface area (Å²) in [6, 6.07) is 13.7. The average molecular weight is 444 g/mol. The summed E-state index contributed by atoms with van der Waals surface area (Å²) in [4.78, 5) is 14.5. The normalized spacial score (nSPS) is 16.5. The van der Waals surface area contributed by atoms with Crippen molar-refractivity contribution in [3.63, 3.8) is 0 Å². The molecule has 31 heavy (non-hydrogen) atoms. The van der Waals surface area contributed by atoms with Gasteiger partial charge in [-0.25, -0.2) is 0 Å². The molecule has 0 aromatic heterocycles. The van der Waals surface area contributed by atoms with E-state index in [-0.39, 0.29) is 10.8 Å². The van der Waals surface area contributed by atoms with E-state index in [1.54, 1.807) is 19.1 Å². The Bertz CT molecular complexity index is 1080. The first-order chi connectivity index (χ1) is 14.7. The first-order valence-electron chi connectivity index (χ1n) is 10.4. The molecule has 1 amide bonds. The molecule has 2 aromatic rings. The standard InChI is InChI=1S/C23H29N3O4S/c1-16(2)18-8-5-10-20(14-18)30-17(3)23(27)24-19-9-6-11-21(15-19)31(28,29)25-22-12-7-13-26(22)4/h5-6,8-11,14-17H,7,12-13H2,1-4H3,(H,24,27)/b25-22-. The molecule has 2 aromatic carbocycles. The second-order valence-corrected chi connectivity index (χ2v) is 9.62. The fourth-order valence-electron chi connectivity index (χ4n) is 3.28. The molecule has 1 fully saturated rings. The zero-order valence-electron chi connectivity index (χ0n) is 18.3. The molecule has 0 saturated carbocycles. The summed E-state index contributed by atoms with van der Waals surface area (Å²) in [5.41, 5.74) is 1.50. The SMILES string of the molecule is CC(Oc1cccc(C(C)C)c1)C(=O)Nc1cccc(S(=O)(=O)/N=C2/CCCN2C)c1. The predicted molar refractivity (Wildman–Crippen MR) is 122 cm³/mol. The maximum absolute atomic E-state index is 12.7. The van der Waals surface area contributed by atoms with Crippen LogP contribution in [0.25, 0.3) is 0 Å². The number of hydrogen-bond donors (Lipinski definition) is 1.